The SMILES string of the molecule is O=C(OC1CC2CC(C1)CC(OC(=O)c1ccccc1O)C2)c1ccccc1O. The number of para-hydroxylation sites is 2. The number of phenols is 2. The molecule has 0 amide bonds. The average molecular weight is 396 g/mol. The third kappa shape index (κ3) is 4.36. The molecule has 0 aliphatic heterocycles. The number of ether oxygens (including phenoxy) is 2. The summed E-state index contributed by atoms with van der Waals surface area (Å²) >= 11 is 0. The Morgan fingerprint density at radius 3 is 1.41 bits per heavy atom. The fourth-order valence-electron chi connectivity index (χ4n) is 4.64. The number of carbonyl (C=O) groups excluding carboxylic acids is 2. The van der Waals surface area contributed by atoms with E-state index >= 15 is 0 Å². The molecule has 0 heterocycles. The maximum absolute atomic E-state index is 12.4. The molecule has 0 unspecified atom stereocenters. The molecule has 2 aliphatic rings. The van der Waals surface area contributed by atoms with Gasteiger partial charge in [-0.05, 0) is 68.2 Å². The maximum atomic E-state index is 12.4. The van der Waals surface area contributed by atoms with Crippen LogP contribution in [0.1, 0.15) is 52.8 Å². The van der Waals surface area contributed by atoms with Crippen molar-refractivity contribution in [2.24, 2.45) is 11.8 Å². The Kier molecular flexibility index (Phi) is 5.43. The minimum absolute atomic E-state index is 0.0790. The van der Waals surface area contributed by atoms with Crippen molar-refractivity contribution in [3.63, 3.8) is 0 Å². The molecule has 152 valence electrons. The van der Waals surface area contributed by atoms with E-state index < -0.39 is 11.9 Å². The first kappa shape index (κ1) is 19.3. The highest BCUT2D eigenvalue weighted by atomic mass is 16.5. The standard InChI is InChI=1S/C23H24O6/c24-20-7-3-1-5-18(20)22(26)28-16-10-14-9-15(11-16)13-17(12-14)29-23(27)19-6-2-4-8-21(19)25/h1-8,14-17,24-25H,9-13H2. The lowest BCUT2D eigenvalue weighted by molar-refractivity contribution is -0.0382. The second-order valence-electron chi connectivity index (χ2n) is 8.00. The van der Waals surface area contributed by atoms with Gasteiger partial charge in [0.05, 0.1) is 0 Å². The van der Waals surface area contributed by atoms with Crippen LogP contribution >= 0.6 is 0 Å². The number of rotatable bonds is 4. The van der Waals surface area contributed by atoms with Crippen molar-refractivity contribution in [1.29, 1.82) is 0 Å². The number of hydrogen-bond acceptors (Lipinski definition) is 6. The second-order valence-corrected chi connectivity index (χ2v) is 8.00. The van der Waals surface area contributed by atoms with E-state index in [0.29, 0.717) is 11.8 Å². The fourth-order valence-corrected chi connectivity index (χ4v) is 4.64. The molecule has 4 rings (SSSR count). The van der Waals surface area contributed by atoms with Crippen LogP contribution < -0.4 is 0 Å². The Morgan fingerprint density at radius 2 is 1.03 bits per heavy atom. The van der Waals surface area contributed by atoms with E-state index in [2.05, 4.69) is 0 Å². The zero-order valence-electron chi connectivity index (χ0n) is 16.0. The van der Waals surface area contributed by atoms with Gasteiger partial charge in [0.15, 0.2) is 0 Å². The molecule has 2 fully saturated rings. The lowest BCUT2D eigenvalue weighted by Gasteiger charge is -2.41. The van der Waals surface area contributed by atoms with Crippen LogP contribution in [0, 0.1) is 11.8 Å². The summed E-state index contributed by atoms with van der Waals surface area (Å²) in [6.45, 7) is 0. The predicted octanol–water partition coefficient (Wildman–Crippen LogP) is 4.06. The molecular weight excluding hydrogens is 372 g/mol. The molecule has 6 nitrogen and oxygen atoms in total. The molecule has 2 saturated carbocycles. The molecule has 0 aromatic heterocycles. The summed E-state index contributed by atoms with van der Waals surface area (Å²) in [5, 5.41) is 19.7. The van der Waals surface area contributed by atoms with Gasteiger partial charge >= 0.3 is 11.9 Å². The van der Waals surface area contributed by atoms with Crippen molar-refractivity contribution in [2.75, 3.05) is 0 Å². The van der Waals surface area contributed by atoms with Crippen LogP contribution in [0.3, 0.4) is 0 Å². The van der Waals surface area contributed by atoms with E-state index in [9.17, 15) is 19.8 Å². The second kappa shape index (κ2) is 8.15. The summed E-state index contributed by atoms with van der Waals surface area (Å²) < 4.78 is 11.3. The van der Waals surface area contributed by atoms with Gasteiger partial charge in [-0.3, -0.25) is 0 Å². The first-order chi connectivity index (χ1) is 14.0. The van der Waals surface area contributed by atoms with Crippen molar-refractivity contribution in [1.82, 2.24) is 0 Å². The van der Waals surface area contributed by atoms with Crippen molar-refractivity contribution < 1.29 is 29.3 Å². The third-order valence-corrected chi connectivity index (χ3v) is 5.85. The molecule has 29 heavy (non-hydrogen) atoms. The van der Waals surface area contributed by atoms with Crippen LogP contribution in [0.25, 0.3) is 0 Å². The van der Waals surface area contributed by atoms with Crippen LogP contribution in [0.4, 0.5) is 0 Å². The first-order valence-corrected chi connectivity index (χ1v) is 9.97. The Balaban J connectivity index is 1.34. The summed E-state index contributed by atoms with van der Waals surface area (Å²) in [7, 11) is 0. The van der Waals surface area contributed by atoms with Gasteiger partial charge in [-0.1, -0.05) is 24.3 Å². The Bertz CT molecular complexity index is 822. The Labute approximate surface area is 169 Å². The lowest BCUT2D eigenvalue weighted by atomic mass is 9.70. The summed E-state index contributed by atoms with van der Waals surface area (Å²) in [6.07, 6.45) is 3.54. The summed E-state index contributed by atoms with van der Waals surface area (Å²) in [6, 6.07) is 12.7. The Morgan fingerprint density at radius 1 is 0.655 bits per heavy atom. The van der Waals surface area contributed by atoms with Crippen molar-refractivity contribution in [3.05, 3.63) is 59.7 Å². The van der Waals surface area contributed by atoms with E-state index in [1.54, 1.807) is 36.4 Å². The van der Waals surface area contributed by atoms with Gasteiger partial charge in [-0.25, -0.2) is 9.59 Å². The molecule has 2 aromatic carbocycles. The number of esters is 2. The van der Waals surface area contributed by atoms with Crippen LogP contribution in [0.2, 0.25) is 0 Å². The monoisotopic (exact) mass is 396 g/mol. The highest BCUT2D eigenvalue weighted by Crippen LogP contribution is 2.42. The lowest BCUT2D eigenvalue weighted by Crippen LogP contribution is -2.39. The van der Waals surface area contributed by atoms with Gasteiger partial charge in [0, 0.05) is 0 Å². The van der Waals surface area contributed by atoms with Crippen LogP contribution in [-0.2, 0) is 9.47 Å². The minimum atomic E-state index is -0.504. The quantitative estimate of drug-likeness (QED) is 0.757. The minimum Gasteiger partial charge on any atom is -0.507 e. The van der Waals surface area contributed by atoms with E-state index in [1.807, 2.05) is 0 Å². The van der Waals surface area contributed by atoms with Gasteiger partial charge in [-0.15, -0.1) is 0 Å². The molecule has 6 heteroatoms. The third-order valence-electron chi connectivity index (χ3n) is 5.85. The summed E-state index contributed by atoms with van der Waals surface area (Å²) in [5.41, 5.74) is 0.357. The zero-order valence-corrected chi connectivity index (χ0v) is 16.0. The number of fused-ring (bicyclic) bond motifs is 2. The van der Waals surface area contributed by atoms with Crippen LogP contribution in [0.15, 0.2) is 48.5 Å². The smallest absolute Gasteiger partial charge is 0.342 e. The molecule has 0 radical (unpaired) electrons. The van der Waals surface area contributed by atoms with Crippen molar-refractivity contribution >= 4 is 11.9 Å². The maximum Gasteiger partial charge on any atom is 0.342 e. The normalized spacial score (nSPS) is 25.8. The first-order valence-electron chi connectivity index (χ1n) is 9.97. The van der Waals surface area contributed by atoms with E-state index in [1.165, 1.54) is 12.1 Å². The van der Waals surface area contributed by atoms with Crippen molar-refractivity contribution in [2.45, 2.75) is 44.3 Å². The number of phenolic OH excluding ortho intramolecular Hbond substituents is 2. The average Bonchev–Trinajstić information content (AvgIpc) is 2.67. The number of hydrogen-bond donors (Lipinski definition) is 2. The molecule has 2 bridgehead atoms. The molecule has 2 N–H and O–H groups in total. The van der Waals surface area contributed by atoms with Gasteiger partial charge in [-0.2, -0.15) is 0 Å². The number of carbonyl (C=O) groups is 2. The largest absolute Gasteiger partial charge is 0.507 e. The van der Waals surface area contributed by atoms with Crippen LogP contribution in [0.5, 0.6) is 11.5 Å². The number of benzene rings is 2. The highest BCUT2D eigenvalue weighted by Gasteiger charge is 2.39. The molecule has 0 atom stereocenters. The molecule has 2 aliphatic carbocycles. The van der Waals surface area contributed by atoms with Gasteiger partial charge in [0.25, 0.3) is 0 Å². The van der Waals surface area contributed by atoms with E-state index in [0.717, 1.165) is 32.1 Å². The topological polar surface area (TPSA) is 93.1 Å². The van der Waals surface area contributed by atoms with E-state index in [4.69, 9.17) is 9.47 Å². The number of aromatic hydroxyl groups is 2. The summed E-state index contributed by atoms with van der Waals surface area (Å²) in [4.78, 5) is 24.8. The predicted molar refractivity (Wildman–Crippen MR) is 105 cm³/mol. The molecule has 0 saturated heterocycles. The van der Waals surface area contributed by atoms with Gasteiger partial charge in [0.1, 0.15) is 34.8 Å². The molecule has 0 spiro atoms. The van der Waals surface area contributed by atoms with Gasteiger partial charge in [0.2, 0.25) is 0 Å². The fraction of sp³-hybridized carbons (Fsp3) is 0.391. The molecule has 2 aromatic rings. The van der Waals surface area contributed by atoms with Gasteiger partial charge < -0.3 is 19.7 Å². The Hall–Kier alpha value is -3.02. The zero-order chi connectivity index (χ0) is 20.4. The van der Waals surface area contributed by atoms with E-state index in [-0.39, 0.29) is 34.8 Å². The molecular formula is C23H24O6. The van der Waals surface area contributed by atoms with Crippen LogP contribution in [-0.4, -0.2) is 34.4 Å². The highest BCUT2D eigenvalue weighted by molar-refractivity contribution is 5.93. The van der Waals surface area contributed by atoms with Crippen molar-refractivity contribution in [3.8, 4) is 11.5 Å². The summed E-state index contributed by atoms with van der Waals surface area (Å²) in [5.74, 6) is -0.542.